The highest BCUT2D eigenvalue weighted by atomic mass is 32.2. The summed E-state index contributed by atoms with van der Waals surface area (Å²) in [6.45, 7) is 2.17. The molecule has 0 spiro atoms. The summed E-state index contributed by atoms with van der Waals surface area (Å²) < 4.78 is 0.964. The Balaban J connectivity index is 1.79. The lowest BCUT2D eigenvalue weighted by atomic mass is 10.2. The third-order valence-corrected chi connectivity index (χ3v) is 6.37. The summed E-state index contributed by atoms with van der Waals surface area (Å²) in [7, 11) is 0. The molecular formula is C15H19N3OS2. The second-order valence-electron chi connectivity index (χ2n) is 5.22. The number of nitrogen functional groups attached to an aromatic ring is 1. The van der Waals surface area contributed by atoms with E-state index in [4.69, 9.17) is 5.73 Å². The van der Waals surface area contributed by atoms with Crippen molar-refractivity contribution in [1.29, 1.82) is 0 Å². The van der Waals surface area contributed by atoms with Crippen LogP contribution >= 0.6 is 23.1 Å². The quantitative estimate of drug-likeness (QED) is 0.907. The van der Waals surface area contributed by atoms with Gasteiger partial charge in [0.05, 0.1) is 10.4 Å². The first-order valence-electron chi connectivity index (χ1n) is 7.25. The molecule has 2 heterocycles. The van der Waals surface area contributed by atoms with E-state index in [1.54, 1.807) is 12.4 Å². The molecule has 1 fully saturated rings. The normalized spacial score (nSPS) is 21.8. The summed E-state index contributed by atoms with van der Waals surface area (Å²) in [5.41, 5.74) is 6.70. The van der Waals surface area contributed by atoms with Crippen LogP contribution in [0.4, 0.5) is 5.69 Å². The average Bonchev–Trinajstić information content (AvgIpc) is 3.05. The lowest BCUT2D eigenvalue weighted by Crippen LogP contribution is -2.38. The molecule has 0 aromatic carbocycles. The van der Waals surface area contributed by atoms with Crippen LogP contribution in [-0.2, 0) is 0 Å². The summed E-state index contributed by atoms with van der Waals surface area (Å²) in [5.74, 6) is 1.05. The van der Waals surface area contributed by atoms with Crippen LogP contribution in [0.2, 0.25) is 0 Å². The maximum Gasteiger partial charge on any atom is 0.263 e. The third kappa shape index (κ3) is 2.87. The maximum absolute atomic E-state index is 12.5. The predicted octanol–water partition coefficient (Wildman–Crippen LogP) is 3.28. The van der Waals surface area contributed by atoms with Gasteiger partial charge in [-0.05, 0) is 24.7 Å². The standard InChI is InChI=1S/C15H19N3OS2/c1-2-20-11-5-3-4-10(11)18-15(19)14-13(16)9-6-7-17-8-12(9)21-14/h6-8,10-11H,2-5,16H2,1H3,(H,18,19). The van der Waals surface area contributed by atoms with Gasteiger partial charge in [0.1, 0.15) is 4.88 Å². The number of nitrogens with one attached hydrogen (secondary N) is 1. The molecule has 2 aromatic rings. The van der Waals surface area contributed by atoms with E-state index in [0.29, 0.717) is 15.8 Å². The molecule has 2 aromatic heterocycles. The average molecular weight is 321 g/mol. The zero-order valence-electron chi connectivity index (χ0n) is 12.0. The number of pyridine rings is 1. The summed E-state index contributed by atoms with van der Waals surface area (Å²) in [5, 5.41) is 4.64. The second-order valence-corrected chi connectivity index (χ2v) is 7.79. The van der Waals surface area contributed by atoms with Crippen molar-refractivity contribution in [2.45, 2.75) is 37.5 Å². The van der Waals surface area contributed by atoms with Crippen molar-refractivity contribution in [3.63, 3.8) is 0 Å². The molecule has 1 saturated carbocycles. The number of hydrogen-bond donors (Lipinski definition) is 2. The number of nitrogens with two attached hydrogens (primary N) is 1. The number of anilines is 1. The van der Waals surface area contributed by atoms with Gasteiger partial charge in [-0.1, -0.05) is 13.3 Å². The number of carbonyl (C=O) groups excluding carboxylic acids is 1. The summed E-state index contributed by atoms with van der Waals surface area (Å²) in [6, 6.07) is 2.13. The Morgan fingerprint density at radius 3 is 3.19 bits per heavy atom. The molecule has 21 heavy (non-hydrogen) atoms. The summed E-state index contributed by atoms with van der Waals surface area (Å²) in [6.07, 6.45) is 6.91. The number of hydrogen-bond acceptors (Lipinski definition) is 5. The fourth-order valence-electron chi connectivity index (χ4n) is 2.88. The van der Waals surface area contributed by atoms with Crippen molar-refractivity contribution in [2.24, 2.45) is 0 Å². The zero-order chi connectivity index (χ0) is 14.8. The van der Waals surface area contributed by atoms with Crippen LogP contribution in [0.25, 0.3) is 10.1 Å². The molecule has 1 aliphatic carbocycles. The van der Waals surface area contributed by atoms with E-state index in [9.17, 15) is 4.79 Å². The molecule has 1 amide bonds. The van der Waals surface area contributed by atoms with Crippen LogP contribution in [0, 0.1) is 0 Å². The van der Waals surface area contributed by atoms with Crippen molar-refractivity contribution >= 4 is 44.8 Å². The van der Waals surface area contributed by atoms with Gasteiger partial charge in [-0.3, -0.25) is 9.78 Å². The molecule has 0 bridgehead atoms. The molecular weight excluding hydrogens is 302 g/mol. The second kappa shape index (κ2) is 6.23. The number of fused-ring (bicyclic) bond motifs is 1. The highest BCUT2D eigenvalue weighted by molar-refractivity contribution is 7.99. The number of aromatic nitrogens is 1. The molecule has 0 saturated heterocycles. The molecule has 3 rings (SSSR count). The molecule has 1 aliphatic rings. The van der Waals surface area contributed by atoms with E-state index >= 15 is 0 Å². The Kier molecular flexibility index (Phi) is 4.35. The van der Waals surface area contributed by atoms with Crippen molar-refractivity contribution in [3.8, 4) is 0 Å². The van der Waals surface area contributed by atoms with E-state index in [1.165, 1.54) is 24.2 Å². The lowest BCUT2D eigenvalue weighted by molar-refractivity contribution is 0.0943. The molecule has 112 valence electrons. The fraction of sp³-hybridized carbons (Fsp3) is 0.467. The number of amides is 1. The van der Waals surface area contributed by atoms with Crippen molar-refractivity contribution in [2.75, 3.05) is 11.5 Å². The lowest BCUT2D eigenvalue weighted by Gasteiger charge is -2.19. The molecule has 2 atom stereocenters. The maximum atomic E-state index is 12.5. The van der Waals surface area contributed by atoms with E-state index in [2.05, 4.69) is 17.2 Å². The number of nitrogens with zero attached hydrogens (tertiary/aromatic N) is 1. The molecule has 6 heteroatoms. The largest absolute Gasteiger partial charge is 0.397 e. The van der Waals surface area contributed by atoms with E-state index in [1.807, 2.05) is 17.8 Å². The molecule has 0 radical (unpaired) electrons. The molecule has 3 N–H and O–H groups in total. The van der Waals surface area contributed by atoms with Crippen LogP contribution in [0.15, 0.2) is 18.5 Å². The Bertz CT molecular complexity index is 655. The Labute approximate surface area is 132 Å². The minimum Gasteiger partial charge on any atom is -0.397 e. The minimum atomic E-state index is -0.0395. The van der Waals surface area contributed by atoms with Gasteiger partial charge in [-0.25, -0.2) is 0 Å². The van der Waals surface area contributed by atoms with Crippen LogP contribution in [0.1, 0.15) is 35.9 Å². The smallest absolute Gasteiger partial charge is 0.263 e. The van der Waals surface area contributed by atoms with Gasteiger partial charge in [-0.15, -0.1) is 11.3 Å². The first-order chi connectivity index (χ1) is 10.2. The Hall–Kier alpha value is -1.27. The van der Waals surface area contributed by atoms with Gasteiger partial charge in [-0.2, -0.15) is 11.8 Å². The first-order valence-corrected chi connectivity index (χ1v) is 9.11. The monoisotopic (exact) mass is 321 g/mol. The topological polar surface area (TPSA) is 68.0 Å². The molecule has 4 nitrogen and oxygen atoms in total. The van der Waals surface area contributed by atoms with Gasteiger partial charge in [0, 0.05) is 29.1 Å². The molecule has 2 unspecified atom stereocenters. The van der Waals surface area contributed by atoms with Crippen LogP contribution in [0.5, 0.6) is 0 Å². The summed E-state index contributed by atoms with van der Waals surface area (Å²) >= 11 is 3.36. The van der Waals surface area contributed by atoms with Gasteiger partial charge in [0.25, 0.3) is 5.91 Å². The minimum absolute atomic E-state index is 0.0395. The Morgan fingerprint density at radius 2 is 2.43 bits per heavy atom. The van der Waals surface area contributed by atoms with Gasteiger partial charge in [0.2, 0.25) is 0 Å². The number of thioether (sulfide) groups is 1. The summed E-state index contributed by atoms with van der Waals surface area (Å²) in [4.78, 5) is 17.2. The first kappa shape index (κ1) is 14.7. The van der Waals surface area contributed by atoms with Crippen LogP contribution in [0.3, 0.4) is 0 Å². The van der Waals surface area contributed by atoms with Crippen molar-refractivity contribution in [3.05, 3.63) is 23.3 Å². The Morgan fingerprint density at radius 1 is 1.57 bits per heavy atom. The van der Waals surface area contributed by atoms with Crippen LogP contribution in [-0.4, -0.2) is 27.9 Å². The predicted molar refractivity (Wildman–Crippen MR) is 91.1 cm³/mol. The van der Waals surface area contributed by atoms with E-state index < -0.39 is 0 Å². The third-order valence-electron chi connectivity index (χ3n) is 3.89. The highest BCUT2D eigenvalue weighted by Gasteiger charge is 2.29. The fourth-order valence-corrected chi connectivity index (χ4v) is 5.07. The van der Waals surface area contributed by atoms with Crippen molar-refractivity contribution < 1.29 is 4.79 Å². The number of carbonyl (C=O) groups is 1. The van der Waals surface area contributed by atoms with E-state index in [-0.39, 0.29) is 11.9 Å². The van der Waals surface area contributed by atoms with E-state index in [0.717, 1.165) is 22.3 Å². The zero-order valence-corrected chi connectivity index (χ0v) is 13.6. The van der Waals surface area contributed by atoms with Gasteiger partial charge < -0.3 is 11.1 Å². The van der Waals surface area contributed by atoms with Crippen molar-refractivity contribution in [1.82, 2.24) is 10.3 Å². The highest BCUT2D eigenvalue weighted by Crippen LogP contribution is 2.34. The van der Waals surface area contributed by atoms with Gasteiger partial charge >= 0.3 is 0 Å². The SMILES string of the molecule is CCSC1CCCC1NC(=O)c1sc2cnccc2c1N. The van der Waals surface area contributed by atoms with Crippen LogP contribution < -0.4 is 11.1 Å². The number of rotatable bonds is 4. The number of thiophene rings is 1. The van der Waals surface area contributed by atoms with Gasteiger partial charge in [0.15, 0.2) is 0 Å². The molecule has 0 aliphatic heterocycles.